The summed E-state index contributed by atoms with van der Waals surface area (Å²) in [6.45, 7) is 7.85. The molecule has 0 fully saturated rings. The molecule has 1 radical (unpaired) electrons. The van der Waals surface area contributed by atoms with Crippen LogP contribution in [-0.2, 0) is 50.6 Å². The smallest absolute Gasteiger partial charge is 0.748 e. The van der Waals surface area contributed by atoms with E-state index in [1.54, 1.807) is 34.9 Å². The molecule has 0 saturated heterocycles. The van der Waals surface area contributed by atoms with Crippen LogP contribution >= 0.6 is 12.9 Å². The number of benzene rings is 2. The largest absolute Gasteiger partial charge is 1.00 e. The van der Waals surface area contributed by atoms with Gasteiger partial charge in [0.15, 0.2) is 11.5 Å². The van der Waals surface area contributed by atoms with Crippen LogP contribution in [0.15, 0.2) is 65.2 Å². The van der Waals surface area contributed by atoms with E-state index in [9.17, 15) is 38.9 Å². The zero-order chi connectivity index (χ0) is 35.0. The van der Waals surface area contributed by atoms with Crippen LogP contribution in [0.3, 0.4) is 0 Å². The van der Waals surface area contributed by atoms with Crippen molar-refractivity contribution in [3.05, 3.63) is 71.5 Å². The zero-order valence-corrected chi connectivity index (χ0v) is 38.2. The minimum absolute atomic E-state index is 0. The van der Waals surface area contributed by atoms with E-state index in [1.165, 1.54) is 18.2 Å². The second-order valence-electron chi connectivity index (χ2n) is 12.1. The summed E-state index contributed by atoms with van der Waals surface area (Å²) in [6, 6.07) is 9.07. The van der Waals surface area contributed by atoms with Gasteiger partial charge in [0, 0.05) is 101 Å². The molecule has 2 aromatic carbocycles. The number of hydrogen-bond acceptors (Lipinski definition) is 14. The Morgan fingerprint density at radius 2 is 1.48 bits per heavy atom. The van der Waals surface area contributed by atoms with Gasteiger partial charge in [-0.25, -0.2) is 25.3 Å². The van der Waals surface area contributed by atoms with Gasteiger partial charge in [-0.15, -0.1) is 4.33 Å². The summed E-state index contributed by atoms with van der Waals surface area (Å²) >= 11 is 3.48. The summed E-state index contributed by atoms with van der Waals surface area (Å²) in [4.78, 5) is 6.56. The Morgan fingerprint density at radius 3 is 2.06 bits per heavy atom. The van der Waals surface area contributed by atoms with Crippen LogP contribution in [0, 0.1) is 0 Å². The Balaban J connectivity index is 0.00000417. The fourth-order valence-corrected chi connectivity index (χ4v) is 7.57. The molecule has 0 aliphatic carbocycles. The minimum atomic E-state index is -4.76. The standard InChI is InChI=1S/C29H36N2O12S4.3Na/c1-28(2)22-18-20(41-42-43-44)10-12-24(22)30(14-6-16-45(32,33)34)26(28)8-5-9-27-29(3,4)23-19-21(47(38,39)40)11-13-25(23)31(27)15-7-17-46(35,36)37;;;/h5,8-13,18-19H,6-7,14-17H2,1-4H3,(H3-,32,33,34,35,36,37,38,39,40,44);;;/q;;2*+1/p-2. The van der Waals surface area contributed by atoms with E-state index in [2.05, 4.69) is 22.3 Å². The molecule has 0 saturated carbocycles. The molecule has 0 atom stereocenters. The van der Waals surface area contributed by atoms with Gasteiger partial charge >= 0.3 is 59.1 Å². The van der Waals surface area contributed by atoms with Crippen molar-refractivity contribution in [1.82, 2.24) is 0 Å². The first-order valence-electron chi connectivity index (χ1n) is 14.2. The third-order valence-corrected chi connectivity index (χ3v) is 10.7. The first kappa shape index (κ1) is 48.2. The fourth-order valence-electron chi connectivity index (χ4n) is 6.08. The van der Waals surface area contributed by atoms with Crippen LogP contribution in [0.4, 0.5) is 11.4 Å². The monoisotopic (exact) mass is 799 g/mol. The molecular weight excluding hydrogens is 766 g/mol. The fraction of sp³-hybridized carbons (Fsp3) is 0.414. The molecule has 259 valence electrons. The summed E-state index contributed by atoms with van der Waals surface area (Å²) in [5.41, 5.74) is 2.50. The van der Waals surface area contributed by atoms with Crippen molar-refractivity contribution in [2.45, 2.75) is 56.3 Å². The Labute approximate surface area is 365 Å². The number of fused-ring (bicyclic) bond motifs is 2. The normalized spacial score (nSPS) is 17.2. The molecule has 4 rings (SSSR count). The van der Waals surface area contributed by atoms with Crippen LogP contribution in [0.5, 0.6) is 5.75 Å². The Hall–Kier alpha value is 0.190. The third kappa shape index (κ3) is 11.6. The van der Waals surface area contributed by atoms with Gasteiger partial charge in [0.05, 0.1) is 30.5 Å². The van der Waals surface area contributed by atoms with Gasteiger partial charge in [-0.3, -0.25) is 0 Å². The van der Waals surface area contributed by atoms with Crippen molar-refractivity contribution in [3.8, 4) is 5.75 Å². The Kier molecular flexibility index (Phi) is 18.0. The second kappa shape index (κ2) is 18.7. The maximum Gasteiger partial charge on any atom is 1.00 e. The number of nitrogens with zero attached hydrogens (tertiary/aromatic N) is 2. The summed E-state index contributed by atoms with van der Waals surface area (Å²) in [5, 5.41) is 4.47. The van der Waals surface area contributed by atoms with E-state index in [0.717, 1.165) is 16.9 Å². The van der Waals surface area contributed by atoms with E-state index in [0.29, 0.717) is 22.7 Å². The molecule has 0 spiro atoms. The van der Waals surface area contributed by atoms with Crippen molar-refractivity contribution >= 4 is 89.9 Å². The third-order valence-electron chi connectivity index (χ3n) is 8.24. The molecular formula is C29H34N2Na3O12S4. The number of anilines is 1. The Morgan fingerprint density at radius 1 is 0.860 bits per heavy atom. The first-order chi connectivity index (χ1) is 21.7. The van der Waals surface area contributed by atoms with Crippen molar-refractivity contribution in [2.75, 3.05) is 29.5 Å². The quantitative estimate of drug-likeness (QED) is 0.0381. The van der Waals surface area contributed by atoms with Gasteiger partial charge in [-0.1, -0.05) is 19.9 Å². The number of allylic oxidation sites excluding steroid dienone is 4. The molecule has 0 amide bonds. The summed E-state index contributed by atoms with van der Waals surface area (Å²) in [7, 11) is -13.7. The average Bonchev–Trinajstić information content (AvgIpc) is 3.28. The van der Waals surface area contributed by atoms with Gasteiger partial charge in [0.1, 0.15) is 16.7 Å². The molecule has 0 N–H and O–H groups in total. The first-order valence-corrected chi connectivity index (χ1v) is 19.2. The summed E-state index contributed by atoms with van der Waals surface area (Å²) in [5.74, 6) is -0.859. The van der Waals surface area contributed by atoms with Crippen LogP contribution in [0.1, 0.15) is 51.7 Å². The van der Waals surface area contributed by atoms with Crippen LogP contribution in [-0.4, -0.2) is 103 Å². The number of thiol groups is 1. The van der Waals surface area contributed by atoms with Gasteiger partial charge in [-0.05, 0) is 67.3 Å². The van der Waals surface area contributed by atoms with Gasteiger partial charge < -0.3 is 23.4 Å². The van der Waals surface area contributed by atoms with Gasteiger partial charge in [0.2, 0.25) is 5.69 Å². The molecule has 14 nitrogen and oxygen atoms in total. The Bertz CT molecular complexity index is 1980. The minimum Gasteiger partial charge on any atom is -0.748 e. The molecule has 2 aliphatic heterocycles. The average molecular weight is 800 g/mol. The van der Waals surface area contributed by atoms with E-state index in [-0.39, 0.29) is 115 Å². The maximum absolute atomic E-state index is 11.8. The molecule has 2 aliphatic rings. The second-order valence-corrected chi connectivity index (χ2v) is 16.7. The molecule has 21 heteroatoms. The van der Waals surface area contributed by atoms with Gasteiger partial charge in [0.25, 0.3) is 0 Å². The maximum atomic E-state index is 11.8. The zero-order valence-electron chi connectivity index (χ0n) is 28.9. The molecule has 0 aromatic heterocycles. The van der Waals surface area contributed by atoms with E-state index in [4.69, 9.17) is 4.89 Å². The van der Waals surface area contributed by atoms with Crippen LogP contribution in [0.2, 0.25) is 0 Å². The molecule has 50 heavy (non-hydrogen) atoms. The predicted molar refractivity (Wildman–Crippen MR) is 177 cm³/mol. The van der Waals surface area contributed by atoms with Crippen molar-refractivity contribution in [1.29, 1.82) is 0 Å². The SMILES string of the molecule is CC1(C)C(C=C/C=C2/N(CCCS(=O)(=O)[O-])c3ccc(OOOS)cc3C2(C)C)=[N+](CCCS(=O)(=O)[O-])c2ccc(S(=O)(=O)[O-])cc21.[Na+].[Na+].[Na]. The van der Waals surface area contributed by atoms with E-state index in [1.807, 2.05) is 38.7 Å². The van der Waals surface area contributed by atoms with Crippen molar-refractivity contribution in [3.63, 3.8) is 0 Å². The van der Waals surface area contributed by atoms with E-state index < -0.39 is 57.6 Å². The van der Waals surface area contributed by atoms with Gasteiger partial charge in [-0.2, -0.15) is 4.58 Å². The number of rotatable bonds is 14. The van der Waals surface area contributed by atoms with Crippen LogP contribution < -0.4 is 68.9 Å². The van der Waals surface area contributed by atoms with E-state index >= 15 is 0 Å². The molecule has 0 bridgehead atoms. The molecule has 0 unspecified atom stereocenters. The summed E-state index contributed by atoms with van der Waals surface area (Å²) < 4.78 is 110. The molecule has 2 heterocycles. The number of hydrogen-bond donors (Lipinski definition) is 1. The summed E-state index contributed by atoms with van der Waals surface area (Å²) in [6.07, 6.45) is 5.39. The van der Waals surface area contributed by atoms with Crippen molar-refractivity contribution < 1.29 is 117 Å². The van der Waals surface area contributed by atoms with Crippen LogP contribution in [0.25, 0.3) is 0 Å². The van der Waals surface area contributed by atoms with Crippen molar-refractivity contribution in [2.24, 2.45) is 0 Å². The molecule has 2 aromatic rings. The predicted octanol–water partition coefficient (Wildman–Crippen LogP) is -3.21. The topological polar surface area (TPSA) is 206 Å².